The van der Waals surface area contributed by atoms with E-state index >= 15 is 0 Å². The zero-order chi connectivity index (χ0) is 18.5. The predicted molar refractivity (Wildman–Crippen MR) is 96.8 cm³/mol. The number of carbonyl (C=O) groups excluding carboxylic acids is 2. The number of hydrogen-bond acceptors (Lipinski definition) is 3. The van der Waals surface area contributed by atoms with Crippen molar-refractivity contribution in [3.05, 3.63) is 58.9 Å². The quantitative estimate of drug-likeness (QED) is 0.871. The van der Waals surface area contributed by atoms with Crippen LogP contribution < -0.4 is 15.0 Å². The smallest absolute Gasteiger partial charge is 0.227 e. The summed E-state index contributed by atoms with van der Waals surface area (Å²) in [5, 5.41) is 3.20. The summed E-state index contributed by atoms with van der Waals surface area (Å²) in [6.07, 6.45) is 0.127. The number of anilines is 1. The van der Waals surface area contributed by atoms with Gasteiger partial charge in [-0.2, -0.15) is 0 Å². The van der Waals surface area contributed by atoms with Gasteiger partial charge in [-0.3, -0.25) is 9.59 Å². The van der Waals surface area contributed by atoms with Gasteiger partial charge in [-0.25, -0.2) is 4.39 Å². The second kappa shape index (κ2) is 8.19. The summed E-state index contributed by atoms with van der Waals surface area (Å²) in [5.74, 6) is -0.180. The van der Waals surface area contributed by atoms with Crippen molar-refractivity contribution in [2.24, 2.45) is 0 Å². The fourth-order valence-electron chi connectivity index (χ4n) is 2.74. The molecule has 0 saturated carbocycles. The normalized spacial score (nSPS) is 12.9. The lowest BCUT2D eigenvalue weighted by Gasteiger charge is -2.29. The van der Waals surface area contributed by atoms with Crippen molar-refractivity contribution < 1.29 is 18.7 Å². The second-order valence-corrected chi connectivity index (χ2v) is 6.35. The molecule has 136 valence electrons. The molecule has 0 saturated heterocycles. The van der Waals surface area contributed by atoms with Crippen molar-refractivity contribution in [1.29, 1.82) is 0 Å². The van der Waals surface area contributed by atoms with Crippen LogP contribution in [0.2, 0.25) is 5.02 Å². The van der Waals surface area contributed by atoms with Gasteiger partial charge in [0, 0.05) is 24.4 Å². The number of fused-ring (bicyclic) bond motifs is 1. The summed E-state index contributed by atoms with van der Waals surface area (Å²) in [6, 6.07) is 11.1. The van der Waals surface area contributed by atoms with Crippen molar-refractivity contribution in [2.45, 2.75) is 19.4 Å². The molecule has 0 spiro atoms. The Bertz CT molecular complexity index is 828. The molecule has 0 unspecified atom stereocenters. The van der Waals surface area contributed by atoms with Gasteiger partial charge in [-0.15, -0.1) is 0 Å². The Hall–Kier alpha value is -2.60. The second-order valence-electron chi connectivity index (χ2n) is 5.91. The van der Waals surface area contributed by atoms with E-state index in [1.807, 2.05) is 0 Å². The van der Waals surface area contributed by atoms with Crippen molar-refractivity contribution in [2.75, 3.05) is 18.1 Å². The first kappa shape index (κ1) is 18.2. The van der Waals surface area contributed by atoms with E-state index < -0.39 is 0 Å². The molecule has 0 fully saturated rings. The van der Waals surface area contributed by atoms with Crippen LogP contribution in [-0.2, 0) is 16.1 Å². The highest BCUT2D eigenvalue weighted by Gasteiger charge is 2.24. The molecular formula is C19H18ClFN2O3. The van der Waals surface area contributed by atoms with E-state index in [4.69, 9.17) is 16.3 Å². The highest BCUT2D eigenvalue weighted by molar-refractivity contribution is 6.31. The average Bonchev–Trinajstić information content (AvgIpc) is 2.64. The van der Waals surface area contributed by atoms with Crippen LogP contribution in [0.25, 0.3) is 0 Å². The molecule has 3 rings (SSSR count). The molecule has 0 bridgehead atoms. The Kier molecular flexibility index (Phi) is 5.73. The molecule has 26 heavy (non-hydrogen) atoms. The zero-order valence-corrected chi connectivity index (χ0v) is 14.8. The van der Waals surface area contributed by atoms with Gasteiger partial charge in [-0.05, 0) is 35.9 Å². The standard InChI is InChI=1S/C19H18ClFN2O3/c20-14-4-5-17-16(11-14)23(8-9-26-17)19(25)7-6-18(24)22-12-13-2-1-3-15(21)10-13/h1-5,10-11H,6-9,12H2,(H,22,24). The van der Waals surface area contributed by atoms with Gasteiger partial charge in [0.05, 0.1) is 12.2 Å². The first-order chi connectivity index (χ1) is 12.5. The van der Waals surface area contributed by atoms with Crippen LogP contribution in [0.4, 0.5) is 10.1 Å². The van der Waals surface area contributed by atoms with Crippen LogP contribution in [-0.4, -0.2) is 25.0 Å². The lowest BCUT2D eigenvalue weighted by atomic mass is 10.2. The first-order valence-corrected chi connectivity index (χ1v) is 8.64. The Balaban J connectivity index is 1.53. The minimum atomic E-state index is -0.350. The van der Waals surface area contributed by atoms with E-state index in [9.17, 15) is 14.0 Å². The topological polar surface area (TPSA) is 58.6 Å². The van der Waals surface area contributed by atoms with E-state index in [0.717, 1.165) is 0 Å². The van der Waals surface area contributed by atoms with E-state index in [1.54, 1.807) is 35.2 Å². The molecule has 2 aromatic carbocycles. The maximum Gasteiger partial charge on any atom is 0.227 e. The molecule has 5 nitrogen and oxygen atoms in total. The van der Waals surface area contributed by atoms with Crippen molar-refractivity contribution in [3.63, 3.8) is 0 Å². The summed E-state index contributed by atoms with van der Waals surface area (Å²) >= 11 is 6.00. The largest absolute Gasteiger partial charge is 0.490 e. The highest BCUT2D eigenvalue weighted by atomic mass is 35.5. The van der Waals surface area contributed by atoms with Crippen molar-refractivity contribution in [1.82, 2.24) is 5.32 Å². The third-order valence-electron chi connectivity index (χ3n) is 4.03. The SMILES string of the molecule is O=C(CCC(=O)N1CCOc2ccc(Cl)cc21)NCc1cccc(F)c1. The van der Waals surface area contributed by atoms with Crippen molar-refractivity contribution in [3.8, 4) is 5.75 Å². The van der Waals surface area contributed by atoms with Crippen LogP contribution in [0, 0.1) is 5.82 Å². The van der Waals surface area contributed by atoms with Crippen LogP contribution in [0.5, 0.6) is 5.75 Å². The number of ether oxygens (including phenoxy) is 1. The maximum absolute atomic E-state index is 13.1. The average molecular weight is 377 g/mol. The molecule has 0 radical (unpaired) electrons. The monoisotopic (exact) mass is 376 g/mol. The predicted octanol–water partition coefficient (Wildman–Crippen LogP) is 3.30. The van der Waals surface area contributed by atoms with Crippen LogP contribution in [0.15, 0.2) is 42.5 Å². The van der Waals surface area contributed by atoms with Crippen molar-refractivity contribution >= 4 is 29.1 Å². The van der Waals surface area contributed by atoms with E-state index in [-0.39, 0.29) is 37.0 Å². The Labute approximate surface area is 155 Å². The van der Waals surface area contributed by atoms with Gasteiger partial charge < -0.3 is 15.0 Å². The number of nitrogens with one attached hydrogen (secondary N) is 1. The van der Waals surface area contributed by atoms with Gasteiger partial charge in [0.25, 0.3) is 0 Å². The molecule has 0 atom stereocenters. The fraction of sp³-hybridized carbons (Fsp3) is 0.263. The molecule has 0 aliphatic carbocycles. The Morgan fingerprint density at radius 2 is 2.04 bits per heavy atom. The first-order valence-electron chi connectivity index (χ1n) is 8.27. The maximum atomic E-state index is 13.1. The minimum absolute atomic E-state index is 0.0569. The third-order valence-corrected chi connectivity index (χ3v) is 4.27. The number of rotatable bonds is 5. The lowest BCUT2D eigenvalue weighted by molar-refractivity contribution is -0.125. The summed E-state index contributed by atoms with van der Waals surface area (Å²) in [6.45, 7) is 1.03. The van der Waals surface area contributed by atoms with Crippen LogP contribution in [0.1, 0.15) is 18.4 Å². The van der Waals surface area contributed by atoms with Crippen LogP contribution >= 0.6 is 11.6 Å². The Morgan fingerprint density at radius 3 is 2.85 bits per heavy atom. The van der Waals surface area contributed by atoms with Gasteiger partial charge in [0.2, 0.25) is 11.8 Å². The van der Waals surface area contributed by atoms with E-state index in [1.165, 1.54) is 12.1 Å². The number of nitrogens with zero attached hydrogens (tertiary/aromatic N) is 1. The number of halogens is 2. The number of amides is 2. The minimum Gasteiger partial charge on any atom is -0.490 e. The summed E-state index contributed by atoms with van der Waals surface area (Å²) in [4.78, 5) is 26.0. The lowest BCUT2D eigenvalue weighted by Crippen LogP contribution is -2.38. The molecule has 2 aromatic rings. The Morgan fingerprint density at radius 1 is 1.19 bits per heavy atom. The van der Waals surface area contributed by atoms with Crippen LogP contribution in [0.3, 0.4) is 0 Å². The number of carbonyl (C=O) groups is 2. The summed E-state index contributed by atoms with van der Waals surface area (Å²) < 4.78 is 18.6. The van der Waals surface area contributed by atoms with E-state index in [0.29, 0.717) is 35.2 Å². The van der Waals surface area contributed by atoms with Gasteiger partial charge in [0.15, 0.2) is 0 Å². The number of hydrogen-bond donors (Lipinski definition) is 1. The molecule has 1 aliphatic heterocycles. The van der Waals surface area contributed by atoms with E-state index in [2.05, 4.69) is 5.32 Å². The molecule has 1 heterocycles. The van der Waals surface area contributed by atoms with Gasteiger partial charge in [0.1, 0.15) is 18.2 Å². The molecular weight excluding hydrogens is 359 g/mol. The zero-order valence-electron chi connectivity index (χ0n) is 14.0. The van der Waals surface area contributed by atoms with Gasteiger partial charge in [-0.1, -0.05) is 23.7 Å². The summed E-state index contributed by atoms with van der Waals surface area (Å²) in [5.41, 5.74) is 1.29. The fourth-order valence-corrected chi connectivity index (χ4v) is 2.91. The summed E-state index contributed by atoms with van der Waals surface area (Å²) in [7, 11) is 0. The highest BCUT2D eigenvalue weighted by Crippen LogP contribution is 2.34. The third kappa shape index (κ3) is 4.52. The molecule has 1 N–H and O–H groups in total. The molecule has 7 heteroatoms. The molecule has 1 aliphatic rings. The number of benzene rings is 2. The molecule has 0 aromatic heterocycles. The van der Waals surface area contributed by atoms with Gasteiger partial charge >= 0.3 is 0 Å². The molecule has 2 amide bonds.